The molecule has 0 fully saturated rings. The summed E-state index contributed by atoms with van der Waals surface area (Å²) in [6.07, 6.45) is -2.84. The lowest BCUT2D eigenvalue weighted by atomic mass is 10.2. The van der Waals surface area contributed by atoms with Gasteiger partial charge in [-0.05, 0) is 12.1 Å². The van der Waals surface area contributed by atoms with Crippen LogP contribution in [-0.4, -0.2) is 5.11 Å². The highest BCUT2D eigenvalue weighted by Crippen LogP contribution is 2.39. The summed E-state index contributed by atoms with van der Waals surface area (Å²) in [5.41, 5.74) is 0. The average Bonchev–Trinajstić information content (AvgIpc) is 2.45. The van der Waals surface area contributed by atoms with E-state index in [1.54, 1.807) is 0 Å². The molecule has 0 amide bonds. The van der Waals surface area contributed by atoms with E-state index in [-0.39, 0.29) is 11.1 Å². The minimum absolute atomic E-state index is 0.118. The number of hydrogen-bond donors (Lipinski definition) is 1. The Bertz CT molecular complexity index is 478. The van der Waals surface area contributed by atoms with Gasteiger partial charge in [-0.2, -0.15) is 0 Å². The zero-order valence-electron chi connectivity index (χ0n) is 6.80. The van der Waals surface area contributed by atoms with Gasteiger partial charge in [0.15, 0.2) is 5.82 Å². The zero-order chi connectivity index (χ0) is 10.3. The molecule has 1 aromatic heterocycles. The highest BCUT2D eigenvalue weighted by molar-refractivity contribution is 7.19. The Hall–Kier alpha value is -1.23. The van der Waals surface area contributed by atoms with Crippen molar-refractivity contribution in [3.8, 4) is 5.75 Å². The highest BCUT2D eigenvalue weighted by Gasteiger charge is 2.21. The lowest BCUT2D eigenvalue weighted by Gasteiger charge is -1.94. The summed E-state index contributed by atoms with van der Waals surface area (Å²) in [6.45, 7) is 0. The van der Waals surface area contributed by atoms with Crippen LogP contribution >= 0.6 is 11.3 Å². The van der Waals surface area contributed by atoms with Crippen LogP contribution in [-0.2, 0) is 0 Å². The molecule has 74 valence electrons. The lowest BCUT2D eigenvalue weighted by molar-refractivity contribution is 0.151. The number of rotatable bonds is 1. The summed E-state index contributed by atoms with van der Waals surface area (Å²) in [4.78, 5) is -0.624. The SMILES string of the molecule is Oc1cccc2sc(C(F)F)c(F)c12. The number of phenols is 1. The number of fused-ring (bicyclic) bond motifs is 1. The number of hydrogen-bond acceptors (Lipinski definition) is 2. The van der Waals surface area contributed by atoms with Crippen LogP contribution in [0.5, 0.6) is 5.75 Å². The van der Waals surface area contributed by atoms with Gasteiger partial charge in [0, 0.05) is 4.70 Å². The summed E-state index contributed by atoms with van der Waals surface area (Å²) in [7, 11) is 0. The number of aromatic hydroxyl groups is 1. The van der Waals surface area contributed by atoms with Crippen LogP contribution in [0, 0.1) is 5.82 Å². The minimum atomic E-state index is -2.84. The molecule has 0 saturated carbocycles. The number of phenolic OH excluding ortho intramolecular Hbond substituents is 1. The van der Waals surface area contributed by atoms with Crippen molar-refractivity contribution in [3.63, 3.8) is 0 Å². The van der Waals surface area contributed by atoms with E-state index in [9.17, 15) is 18.3 Å². The van der Waals surface area contributed by atoms with Crippen molar-refractivity contribution in [1.29, 1.82) is 0 Å². The number of alkyl halides is 2. The topological polar surface area (TPSA) is 20.2 Å². The third kappa shape index (κ3) is 1.24. The molecule has 0 aliphatic rings. The molecule has 0 saturated heterocycles. The number of benzene rings is 1. The molecule has 1 nitrogen and oxygen atoms in total. The summed E-state index contributed by atoms with van der Waals surface area (Å²) >= 11 is 0.661. The molecular weight excluding hydrogens is 213 g/mol. The smallest absolute Gasteiger partial charge is 0.275 e. The molecule has 14 heavy (non-hydrogen) atoms. The third-order valence-corrected chi connectivity index (χ3v) is 3.00. The van der Waals surface area contributed by atoms with Crippen LogP contribution in [0.4, 0.5) is 13.2 Å². The normalized spacial score (nSPS) is 11.4. The molecule has 1 heterocycles. The van der Waals surface area contributed by atoms with E-state index < -0.39 is 17.1 Å². The molecule has 2 rings (SSSR count). The maximum Gasteiger partial charge on any atom is 0.275 e. The molecule has 1 N–H and O–H groups in total. The zero-order valence-corrected chi connectivity index (χ0v) is 7.62. The van der Waals surface area contributed by atoms with Gasteiger partial charge in [-0.25, -0.2) is 13.2 Å². The van der Waals surface area contributed by atoms with Gasteiger partial charge >= 0.3 is 0 Å². The van der Waals surface area contributed by atoms with Crippen molar-refractivity contribution in [2.75, 3.05) is 0 Å². The maximum atomic E-state index is 13.3. The van der Waals surface area contributed by atoms with Gasteiger partial charge in [0.1, 0.15) is 10.6 Å². The van der Waals surface area contributed by atoms with E-state index >= 15 is 0 Å². The van der Waals surface area contributed by atoms with Gasteiger partial charge in [0.25, 0.3) is 6.43 Å². The van der Waals surface area contributed by atoms with Crippen LogP contribution in [0.1, 0.15) is 11.3 Å². The molecule has 0 aliphatic carbocycles. The molecule has 0 spiro atoms. The third-order valence-electron chi connectivity index (χ3n) is 1.86. The van der Waals surface area contributed by atoms with Gasteiger partial charge in [-0.3, -0.25) is 0 Å². The molecule has 0 radical (unpaired) electrons. The first-order chi connectivity index (χ1) is 6.61. The fourth-order valence-electron chi connectivity index (χ4n) is 1.25. The van der Waals surface area contributed by atoms with E-state index in [2.05, 4.69) is 0 Å². The second kappa shape index (κ2) is 3.16. The molecule has 5 heteroatoms. The van der Waals surface area contributed by atoms with Gasteiger partial charge in [0.2, 0.25) is 0 Å². The van der Waals surface area contributed by atoms with E-state index in [0.717, 1.165) is 0 Å². The second-order valence-electron chi connectivity index (χ2n) is 2.73. The summed E-state index contributed by atoms with van der Waals surface area (Å²) < 4.78 is 38.2. The van der Waals surface area contributed by atoms with E-state index in [1.165, 1.54) is 18.2 Å². The number of thiophene rings is 1. The van der Waals surface area contributed by atoms with Gasteiger partial charge in [-0.15, -0.1) is 11.3 Å². The van der Waals surface area contributed by atoms with Crippen molar-refractivity contribution < 1.29 is 18.3 Å². The highest BCUT2D eigenvalue weighted by atomic mass is 32.1. The standard InChI is InChI=1S/C9H5F3OS/c10-7-6-4(13)2-1-3-5(6)14-8(7)9(11)12/h1-3,9,13H. The summed E-state index contributed by atoms with van der Waals surface area (Å²) in [5.74, 6) is -1.32. The van der Waals surface area contributed by atoms with Gasteiger partial charge in [0.05, 0.1) is 5.39 Å². The first kappa shape index (κ1) is 9.33. The lowest BCUT2D eigenvalue weighted by Crippen LogP contribution is -1.82. The Morgan fingerprint density at radius 1 is 1.29 bits per heavy atom. The first-order valence-corrected chi connectivity index (χ1v) is 4.61. The van der Waals surface area contributed by atoms with Gasteiger partial charge < -0.3 is 5.11 Å². The molecule has 0 bridgehead atoms. The second-order valence-corrected chi connectivity index (χ2v) is 3.82. The van der Waals surface area contributed by atoms with E-state index in [1.807, 2.05) is 0 Å². The summed E-state index contributed by atoms with van der Waals surface area (Å²) in [6, 6.07) is 4.25. The van der Waals surface area contributed by atoms with Crippen LogP contribution in [0.2, 0.25) is 0 Å². The quantitative estimate of drug-likeness (QED) is 0.774. The number of halogens is 3. The van der Waals surface area contributed by atoms with E-state index in [0.29, 0.717) is 16.0 Å². The van der Waals surface area contributed by atoms with Crippen molar-refractivity contribution >= 4 is 21.4 Å². The van der Waals surface area contributed by atoms with Crippen molar-refractivity contribution in [3.05, 3.63) is 28.9 Å². The Labute approximate surface area is 81.4 Å². The minimum Gasteiger partial charge on any atom is -0.507 e. The molecule has 0 aliphatic heterocycles. The van der Waals surface area contributed by atoms with Crippen LogP contribution in [0.15, 0.2) is 18.2 Å². The predicted octanol–water partition coefficient (Wildman–Crippen LogP) is 3.68. The molecule has 2 aromatic rings. The molecule has 0 unspecified atom stereocenters. The fourth-order valence-corrected chi connectivity index (χ4v) is 2.21. The van der Waals surface area contributed by atoms with Gasteiger partial charge in [-0.1, -0.05) is 6.07 Å². The Kier molecular flexibility index (Phi) is 2.11. The summed E-state index contributed by atoms with van der Waals surface area (Å²) in [5, 5.41) is 9.15. The fraction of sp³-hybridized carbons (Fsp3) is 0.111. The Morgan fingerprint density at radius 2 is 2.00 bits per heavy atom. The Balaban J connectivity index is 2.81. The first-order valence-electron chi connectivity index (χ1n) is 3.79. The van der Waals surface area contributed by atoms with Crippen molar-refractivity contribution in [2.45, 2.75) is 6.43 Å². The molecule has 1 aromatic carbocycles. The molecular formula is C9H5F3OS. The van der Waals surface area contributed by atoms with Crippen LogP contribution in [0.25, 0.3) is 10.1 Å². The van der Waals surface area contributed by atoms with Crippen LogP contribution in [0.3, 0.4) is 0 Å². The van der Waals surface area contributed by atoms with Crippen LogP contribution < -0.4 is 0 Å². The predicted molar refractivity (Wildman–Crippen MR) is 48.4 cm³/mol. The Morgan fingerprint density at radius 3 is 2.57 bits per heavy atom. The van der Waals surface area contributed by atoms with E-state index in [4.69, 9.17) is 0 Å². The average molecular weight is 218 g/mol. The largest absolute Gasteiger partial charge is 0.507 e. The molecule has 0 atom stereocenters. The monoisotopic (exact) mass is 218 g/mol. The maximum absolute atomic E-state index is 13.3. The van der Waals surface area contributed by atoms with Crippen molar-refractivity contribution in [2.24, 2.45) is 0 Å². The van der Waals surface area contributed by atoms with Crippen molar-refractivity contribution in [1.82, 2.24) is 0 Å².